The van der Waals surface area contributed by atoms with Crippen molar-refractivity contribution in [3.63, 3.8) is 0 Å². The zero-order chi connectivity index (χ0) is 12.5. The fourth-order valence-electron chi connectivity index (χ4n) is 1.09. The van der Waals surface area contributed by atoms with Gasteiger partial charge in [0.25, 0.3) is 0 Å². The summed E-state index contributed by atoms with van der Waals surface area (Å²) in [5, 5.41) is 13.3. The predicted molar refractivity (Wildman–Crippen MR) is 74.1 cm³/mol. The average molecular weight is 264 g/mol. The SMILES string of the molecule is C=CCSCC(=O)Nc1ccc(SC#N)cc1. The maximum Gasteiger partial charge on any atom is 0.234 e. The number of thioether (sulfide) groups is 2. The van der Waals surface area contributed by atoms with Crippen LogP contribution in [0.15, 0.2) is 41.8 Å². The van der Waals surface area contributed by atoms with E-state index in [0.717, 1.165) is 28.1 Å². The maximum absolute atomic E-state index is 11.5. The number of nitrogens with one attached hydrogen (secondary N) is 1. The average Bonchev–Trinajstić information content (AvgIpc) is 2.32. The molecule has 0 spiro atoms. The molecule has 0 unspecified atom stereocenters. The van der Waals surface area contributed by atoms with Gasteiger partial charge in [-0.15, -0.1) is 18.3 Å². The first kappa shape index (κ1) is 13.7. The molecule has 1 aromatic rings. The molecule has 0 heterocycles. The van der Waals surface area contributed by atoms with Gasteiger partial charge in [0, 0.05) is 16.3 Å². The first-order valence-electron chi connectivity index (χ1n) is 4.90. The highest BCUT2D eigenvalue weighted by molar-refractivity contribution is 8.03. The first-order valence-corrected chi connectivity index (χ1v) is 6.88. The number of anilines is 1. The molecule has 1 N–H and O–H groups in total. The monoisotopic (exact) mass is 264 g/mol. The van der Waals surface area contributed by atoms with Gasteiger partial charge < -0.3 is 5.32 Å². The summed E-state index contributed by atoms with van der Waals surface area (Å²) in [5.41, 5.74) is 0.747. The van der Waals surface area contributed by atoms with Crippen molar-refractivity contribution >= 4 is 35.1 Å². The second-order valence-corrected chi connectivity index (χ2v) is 4.96. The molecule has 0 radical (unpaired) electrons. The standard InChI is InChI=1S/C12H12N2OS2/c1-2-7-16-8-12(15)14-10-3-5-11(6-4-10)17-9-13/h2-6H,1,7-8H2,(H,14,15). The minimum absolute atomic E-state index is 0.0301. The van der Waals surface area contributed by atoms with Crippen molar-refractivity contribution in [1.29, 1.82) is 5.26 Å². The number of carbonyl (C=O) groups excluding carboxylic acids is 1. The van der Waals surface area contributed by atoms with E-state index in [2.05, 4.69) is 11.9 Å². The van der Waals surface area contributed by atoms with E-state index >= 15 is 0 Å². The Morgan fingerprint density at radius 3 is 2.76 bits per heavy atom. The van der Waals surface area contributed by atoms with Gasteiger partial charge in [-0.2, -0.15) is 5.26 Å². The molecule has 1 aromatic carbocycles. The summed E-state index contributed by atoms with van der Waals surface area (Å²) in [4.78, 5) is 12.3. The van der Waals surface area contributed by atoms with Gasteiger partial charge in [0.15, 0.2) is 0 Å². The predicted octanol–water partition coefficient (Wildman–Crippen LogP) is 3.12. The molecule has 0 atom stereocenters. The van der Waals surface area contributed by atoms with Gasteiger partial charge in [0.2, 0.25) is 5.91 Å². The van der Waals surface area contributed by atoms with Crippen LogP contribution in [0.4, 0.5) is 5.69 Å². The van der Waals surface area contributed by atoms with Crippen LogP contribution < -0.4 is 5.32 Å². The van der Waals surface area contributed by atoms with Crippen LogP contribution in [0.3, 0.4) is 0 Å². The Labute approximate surface area is 109 Å². The number of thiocyanates is 1. The van der Waals surface area contributed by atoms with Gasteiger partial charge in [0.05, 0.1) is 5.75 Å². The highest BCUT2D eigenvalue weighted by atomic mass is 32.2. The molecule has 0 saturated heterocycles. The number of nitriles is 1. The van der Waals surface area contributed by atoms with Crippen molar-refractivity contribution in [2.45, 2.75) is 4.90 Å². The summed E-state index contributed by atoms with van der Waals surface area (Å²) in [6.07, 6.45) is 1.77. The lowest BCUT2D eigenvalue weighted by Gasteiger charge is -2.04. The zero-order valence-electron chi connectivity index (χ0n) is 9.18. The molecule has 0 aromatic heterocycles. The number of nitrogens with zero attached hydrogens (tertiary/aromatic N) is 1. The van der Waals surface area contributed by atoms with E-state index in [9.17, 15) is 4.79 Å². The van der Waals surface area contributed by atoms with Crippen LogP contribution in [-0.4, -0.2) is 17.4 Å². The molecule has 0 fully saturated rings. The van der Waals surface area contributed by atoms with E-state index in [0.29, 0.717) is 5.75 Å². The molecule has 0 saturated carbocycles. The zero-order valence-corrected chi connectivity index (χ0v) is 10.8. The van der Waals surface area contributed by atoms with Gasteiger partial charge in [-0.1, -0.05) is 6.08 Å². The molecule has 0 aliphatic rings. The van der Waals surface area contributed by atoms with Crippen LogP contribution in [0.25, 0.3) is 0 Å². The van der Waals surface area contributed by atoms with Crippen molar-refractivity contribution in [2.75, 3.05) is 16.8 Å². The normalized spacial score (nSPS) is 9.35. The van der Waals surface area contributed by atoms with E-state index in [1.54, 1.807) is 30.3 Å². The van der Waals surface area contributed by atoms with Crippen LogP contribution in [0.1, 0.15) is 0 Å². The van der Waals surface area contributed by atoms with Crippen LogP contribution in [0.2, 0.25) is 0 Å². The van der Waals surface area contributed by atoms with Crippen molar-refractivity contribution in [3.8, 4) is 5.40 Å². The Morgan fingerprint density at radius 1 is 1.47 bits per heavy atom. The van der Waals surface area contributed by atoms with Crippen molar-refractivity contribution < 1.29 is 4.79 Å². The van der Waals surface area contributed by atoms with E-state index in [1.165, 1.54) is 11.8 Å². The fraction of sp³-hybridized carbons (Fsp3) is 0.167. The summed E-state index contributed by atoms with van der Waals surface area (Å²) in [5.74, 6) is 1.16. The second kappa shape index (κ2) is 7.82. The highest BCUT2D eigenvalue weighted by Gasteiger charge is 2.01. The van der Waals surface area contributed by atoms with Crippen LogP contribution in [-0.2, 0) is 4.79 Å². The van der Waals surface area contributed by atoms with Gasteiger partial charge in [0.1, 0.15) is 5.40 Å². The summed E-state index contributed by atoms with van der Waals surface area (Å²) in [6.45, 7) is 3.59. The number of benzene rings is 1. The third kappa shape index (κ3) is 5.48. The summed E-state index contributed by atoms with van der Waals surface area (Å²) in [7, 11) is 0. The van der Waals surface area contributed by atoms with E-state index < -0.39 is 0 Å². The Bertz CT molecular complexity index is 423. The second-order valence-electron chi connectivity index (χ2n) is 3.07. The van der Waals surface area contributed by atoms with Gasteiger partial charge in [-0.3, -0.25) is 4.79 Å². The maximum atomic E-state index is 11.5. The fourth-order valence-corrected chi connectivity index (χ4v) is 2.01. The van der Waals surface area contributed by atoms with Crippen molar-refractivity contribution in [2.24, 2.45) is 0 Å². The molecule has 5 heteroatoms. The van der Waals surface area contributed by atoms with Gasteiger partial charge >= 0.3 is 0 Å². The summed E-state index contributed by atoms with van der Waals surface area (Å²) < 4.78 is 0. The smallest absolute Gasteiger partial charge is 0.234 e. The summed E-state index contributed by atoms with van der Waals surface area (Å²) >= 11 is 2.61. The topological polar surface area (TPSA) is 52.9 Å². The Hall–Kier alpha value is -1.38. The molecule has 1 amide bonds. The molecule has 17 heavy (non-hydrogen) atoms. The minimum atomic E-state index is -0.0301. The molecular weight excluding hydrogens is 252 g/mol. The lowest BCUT2D eigenvalue weighted by atomic mass is 10.3. The lowest BCUT2D eigenvalue weighted by Crippen LogP contribution is -2.14. The van der Waals surface area contributed by atoms with E-state index in [4.69, 9.17) is 5.26 Å². The molecule has 3 nitrogen and oxygen atoms in total. The number of amides is 1. The van der Waals surface area contributed by atoms with Gasteiger partial charge in [-0.25, -0.2) is 0 Å². The third-order valence-corrected chi connectivity index (χ3v) is 3.31. The van der Waals surface area contributed by atoms with Crippen molar-refractivity contribution in [3.05, 3.63) is 36.9 Å². The minimum Gasteiger partial charge on any atom is -0.325 e. The molecule has 0 aliphatic carbocycles. The Balaban J connectivity index is 2.43. The Kier molecular flexibility index (Phi) is 6.30. The highest BCUT2D eigenvalue weighted by Crippen LogP contribution is 2.19. The Morgan fingerprint density at radius 2 is 2.18 bits per heavy atom. The van der Waals surface area contributed by atoms with E-state index in [1.807, 2.05) is 5.40 Å². The van der Waals surface area contributed by atoms with E-state index in [-0.39, 0.29) is 5.91 Å². The number of carbonyl (C=O) groups is 1. The first-order chi connectivity index (χ1) is 8.26. The van der Waals surface area contributed by atoms with Crippen LogP contribution in [0, 0.1) is 10.7 Å². The number of rotatable bonds is 6. The molecule has 0 bridgehead atoms. The molecule has 0 aliphatic heterocycles. The van der Waals surface area contributed by atoms with Crippen LogP contribution >= 0.6 is 23.5 Å². The van der Waals surface area contributed by atoms with Crippen LogP contribution in [0.5, 0.6) is 0 Å². The molecular formula is C12H12N2OS2. The number of hydrogen-bond donors (Lipinski definition) is 1. The third-order valence-electron chi connectivity index (χ3n) is 1.77. The van der Waals surface area contributed by atoms with Gasteiger partial charge in [-0.05, 0) is 36.0 Å². The largest absolute Gasteiger partial charge is 0.325 e. The lowest BCUT2D eigenvalue weighted by molar-refractivity contribution is -0.113. The summed E-state index contributed by atoms with van der Waals surface area (Å²) in [6, 6.07) is 7.19. The molecule has 88 valence electrons. The number of hydrogen-bond acceptors (Lipinski definition) is 4. The van der Waals surface area contributed by atoms with Crippen molar-refractivity contribution in [1.82, 2.24) is 0 Å². The quantitative estimate of drug-likeness (QED) is 0.371. The molecule has 1 rings (SSSR count).